The van der Waals surface area contributed by atoms with Crippen molar-refractivity contribution in [1.82, 2.24) is 15.2 Å². The maximum Gasteiger partial charge on any atom is 0.0271 e. The third kappa shape index (κ3) is 5.61. The minimum atomic E-state index is 0.566. The van der Waals surface area contributed by atoms with Crippen molar-refractivity contribution in [2.45, 2.75) is 39.8 Å². The lowest BCUT2D eigenvalue weighted by molar-refractivity contribution is 0.248. The van der Waals surface area contributed by atoms with Gasteiger partial charge in [-0.15, -0.1) is 0 Å². The van der Waals surface area contributed by atoms with Crippen molar-refractivity contribution in [3.05, 3.63) is 30.1 Å². The molecule has 18 heavy (non-hydrogen) atoms. The lowest BCUT2D eigenvalue weighted by Crippen LogP contribution is -2.43. The molecule has 1 aromatic heterocycles. The first-order chi connectivity index (χ1) is 8.63. The molecule has 0 aromatic carbocycles. The summed E-state index contributed by atoms with van der Waals surface area (Å²) in [6, 6.07) is 4.73. The molecule has 1 N–H and O–H groups in total. The molecule has 0 aliphatic heterocycles. The molecule has 0 spiro atoms. The van der Waals surface area contributed by atoms with Crippen LogP contribution in [0.1, 0.15) is 32.8 Å². The Hall–Kier alpha value is -0.930. The minimum absolute atomic E-state index is 0.566. The van der Waals surface area contributed by atoms with Crippen molar-refractivity contribution in [1.29, 1.82) is 0 Å². The normalized spacial score (nSPS) is 13.2. The van der Waals surface area contributed by atoms with Crippen LogP contribution in [0.25, 0.3) is 0 Å². The van der Waals surface area contributed by atoms with Crippen molar-refractivity contribution < 1.29 is 0 Å². The van der Waals surface area contributed by atoms with E-state index in [1.54, 1.807) is 0 Å². The third-order valence-electron chi connectivity index (χ3n) is 3.17. The summed E-state index contributed by atoms with van der Waals surface area (Å²) in [5.74, 6) is 0.663. The molecule has 1 aromatic rings. The smallest absolute Gasteiger partial charge is 0.0271 e. The van der Waals surface area contributed by atoms with E-state index in [-0.39, 0.29) is 0 Å². The van der Waals surface area contributed by atoms with Gasteiger partial charge in [-0.3, -0.25) is 4.98 Å². The van der Waals surface area contributed by atoms with Gasteiger partial charge in [0.25, 0.3) is 0 Å². The molecule has 1 atom stereocenters. The molecule has 3 nitrogen and oxygen atoms in total. The number of hydrogen-bond acceptors (Lipinski definition) is 3. The van der Waals surface area contributed by atoms with Gasteiger partial charge in [0, 0.05) is 31.5 Å². The molecule has 3 heteroatoms. The first kappa shape index (κ1) is 15.1. The van der Waals surface area contributed by atoms with Crippen LogP contribution < -0.4 is 5.32 Å². The van der Waals surface area contributed by atoms with Gasteiger partial charge in [-0.1, -0.05) is 20.8 Å². The first-order valence-electron chi connectivity index (χ1n) is 6.94. The van der Waals surface area contributed by atoms with Gasteiger partial charge in [0.05, 0.1) is 0 Å². The van der Waals surface area contributed by atoms with Gasteiger partial charge < -0.3 is 10.2 Å². The van der Waals surface area contributed by atoms with Crippen LogP contribution >= 0.6 is 0 Å². The molecule has 0 fully saturated rings. The van der Waals surface area contributed by atoms with E-state index in [1.165, 1.54) is 12.0 Å². The average Bonchev–Trinajstić information content (AvgIpc) is 2.35. The molecule has 0 aliphatic carbocycles. The monoisotopic (exact) mass is 249 g/mol. The van der Waals surface area contributed by atoms with Gasteiger partial charge in [0.15, 0.2) is 0 Å². The summed E-state index contributed by atoms with van der Waals surface area (Å²) in [5, 5.41) is 3.63. The van der Waals surface area contributed by atoms with Crippen molar-refractivity contribution in [3.8, 4) is 0 Å². The number of rotatable bonds is 8. The van der Waals surface area contributed by atoms with Crippen LogP contribution in [0.3, 0.4) is 0 Å². The molecule has 0 bridgehead atoms. The van der Waals surface area contributed by atoms with Crippen LogP contribution in [-0.2, 0) is 6.54 Å². The van der Waals surface area contributed by atoms with Gasteiger partial charge in [0.2, 0.25) is 0 Å². The maximum atomic E-state index is 4.05. The van der Waals surface area contributed by atoms with Crippen molar-refractivity contribution in [2.24, 2.45) is 5.92 Å². The Balaban J connectivity index is 2.43. The van der Waals surface area contributed by atoms with E-state index in [1.807, 2.05) is 12.4 Å². The fourth-order valence-electron chi connectivity index (χ4n) is 2.04. The lowest BCUT2D eigenvalue weighted by Gasteiger charge is -2.27. The van der Waals surface area contributed by atoms with Gasteiger partial charge in [-0.25, -0.2) is 0 Å². The number of likely N-dealkylation sites (N-methyl/N-ethyl adjacent to an activating group) is 1. The zero-order chi connectivity index (χ0) is 13.4. The second kappa shape index (κ2) is 8.22. The molecule has 0 radical (unpaired) electrons. The summed E-state index contributed by atoms with van der Waals surface area (Å²) >= 11 is 0. The number of nitrogens with zero attached hydrogens (tertiary/aromatic N) is 2. The van der Waals surface area contributed by atoms with E-state index in [0.717, 1.165) is 19.6 Å². The standard InChI is InChI=1S/C15H27N3/c1-5-8-17-15(13(2)3)12-18(4)11-14-6-9-16-10-7-14/h6-7,9-10,13,15,17H,5,8,11-12H2,1-4H3. The fraction of sp³-hybridized carbons (Fsp3) is 0.667. The second-order valence-corrected chi connectivity index (χ2v) is 5.36. The van der Waals surface area contributed by atoms with E-state index in [0.29, 0.717) is 12.0 Å². The molecule has 1 heterocycles. The highest BCUT2D eigenvalue weighted by atomic mass is 15.1. The Morgan fingerprint density at radius 2 is 1.94 bits per heavy atom. The summed E-state index contributed by atoms with van der Waals surface area (Å²) in [4.78, 5) is 6.43. The molecule has 1 unspecified atom stereocenters. The number of nitrogens with one attached hydrogen (secondary N) is 1. The molecule has 0 aliphatic rings. The highest BCUT2D eigenvalue weighted by Gasteiger charge is 2.14. The third-order valence-corrected chi connectivity index (χ3v) is 3.17. The number of aromatic nitrogens is 1. The van der Waals surface area contributed by atoms with Crippen molar-refractivity contribution >= 4 is 0 Å². The summed E-state index contributed by atoms with van der Waals surface area (Å²) in [7, 11) is 2.18. The molecule has 102 valence electrons. The van der Waals surface area contributed by atoms with E-state index < -0.39 is 0 Å². The van der Waals surface area contributed by atoms with Crippen molar-refractivity contribution in [3.63, 3.8) is 0 Å². The van der Waals surface area contributed by atoms with E-state index in [4.69, 9.17) is 0 Å². The van der Waals surface area contributed by atoms with Gasteiger partial charge >= 0.3 is 0 Å². The Labute approximate surface area is 112 Å². The second-order valence-electron chi connectivity index (χ2n) is 5.36. The van der Waals surface area contributed by atoms with Gasteiger partial charge in [-0.05, 0) is 43.6 Å². The fourth-order valence-corrected chi connectivity index (χ4v) is 2.04. The van der Waals surface area contributed by atoms with Gasteiger partial charge in [0.1, 0.15) is 0 Å². The summed E-state index contributed by atoms with van der Waals surface area (Å²) in [5.41, 5.74) is 1.32. The van der Waals surface area contributed by atoms with Crippen LogP contribution in [0.4, 0.5) is 0 Å². The highest BCUT2D eigenvalue weighted by Crippen LogP contribution is 2.07. The number of hydrogen-bond donors (Lipinski definition) is 1. The molecule has 1 rings (SSSR count). The molecule has 0 amide bonds. The molecular formula is C15H27N3. The Morgan fingerprint density at radius 1 is 1.28 bits per heavy atom. The predicted molar refractivity (Wildman–Crippen MR) is 77.5 cm³/mol. The highest BCUT2D eigenvalue weighted by molar-refractivity contribution is 5.09. The topological polar surface area (TPSA) is 28.2 Å². The van der Waals surface area contributed by atoms with E-state index in [9.17, 15) is 0 Å². The SMILES string of the molecule is CCCNC(CN(C)Cc1ccncc1)C(C)C. The van der Waals surface area contributed by atoms with Gasteiger partial charge in [-0.2, -0.15) is 0 Å². The maximum absolute atomic E-state index is 4.05. The summed E-state index contributed by atoms with van der Waals surface area (Å²) in [6.07, 6.45) is 4.91. The summed E-state index contributed by atoms with van der Waals surface area (Å²) in [6.45, 7) is 9.96. The van der Waals surface area contributed by atoms with Crippen molar-refractivity contribution in [2.75, 3.05) is 20.1 Å². The first-order valence-corrected chi connectivity index (χ1v) is 6.94. The van der Waals surface area contributed by atoms with Crippen LogP contribution in [0, 0.1) is 5.92 Å². The largest absolute Gasteiger partial charge is 0.312 e. The molecule has 0 saturated heterocycles. The minimum Gasteiger partial charge on any atom is -0.312 e. The Kier molecular flexibility index (Phi) is 6.91. The summed E-state index contributed by atoms with van der Waals surface area (Å²) < 4.78 is 0. The average molecular weight is 249 g/mol. The van der Waals surface area contributed by atoms with Crippen LogP contribution in [-0.4, -0.2) is 36.1 Å². The molecule has 0 saturated carbocycles. The van der Waals surface area contributed by atoms with Crippen LogP contribution in [0.15, 0.2) is 24.5 Å². The zero-order valence-electron chi connectivity index (χ0n) is 12.2. The van der Waals surface area contributed by atoms with E-state index >= 15 is 0 Å². The Bertz CT molecular complexity index is 311. The lowest BCUT2D eigenvalue weighted by atomic mass is 10.0. The number of pyridine rings is 1. The van der Waals surface area contributed by atoms with E-state index in [2.05, 4.69) is 55.2 Å². The zero-order valence-corrected chi connectivity index (χ0v) is 12.2. The predicted octanol–water partition coefficient (Wildman–Crippen LogP) is 2.54. The quantitative estimate of drug-likeness (QED) is 0.767. The molecular weight excluding hydrogens is 222 g/mol. The Morgan fingerprint density at radius 3 is 2.50 bits per heavy atom. The van der Waals surface area contributed by atoms with Crippen LogP contribution in [0.2, 0.25) is 0 Å². The van der Waals surface area contributed by atoms with Crippen LogP contribution in [0.5, 0.6) is 0 Å².